The van der Waals surface area contributed by atoms with Gasteiger partial charge in [-0.05, 0) is 37.5 Å². The second-order valence-electron chi connectivity index (χ2n) is 5.19. The lowest BCUT2D eigenvalue weighted by molar-refractivity contribution is -0.140. The molecule has 0 aromatic heterocycles. The molecule has 0 heterocycles. The van der Waals surface area contributed by atoms with E-state index in [9.17, 15) is 14.7 Å². The summed E-state index contributed by atoms with van der Waals surface area (Å²) in [5, 5.41) is 11.9. The third-order valence-electron chi connectivity index (χ3n) is 3.39. The highest BCUT2D eigenvalue weighted by Gasteiger charge is 2.51. The van der Waals surface area contributed by atoms with Crippen molar-refractivity contribution in [3.05, 3.63) is 29.8 Å². The lowest BCUT2D eigenvalue weighted by atomic mass is 9.96. The van der Waals surface area contributed by atoms with Gasteiger partial charge in [-0.25, -0.2) is 0 Å². The van der Waals surface area contributed by atoms with Crippen molar-refractivity contribution >= 4 is 17.6 Å². The normalized spacial score (nSPS) is 17.6. The lowest BCUT2D eigenvalue weighted by Crippen LogP contribution is -2.24. The molecule has 19 heavy (non-hydrogen) atoms. The van der Waals surface area contributed by atoms with Crippen LogP contribution in [0.4, 0.5) is 5.69 Å². The summed E-state index contributed by atoms with van der Waals surface area (Å²) < 4.78 is 0. The number of carboxylic acid groups (broad SMARTS) is 1. The van der Waals surface area contributed by atoms with E-state index in [2.05, 4.69) is 5.32 Å². The van der Waals surface area contributed by atoms with E-state index in [1.165, 1.54) is 0 Å². The Morgan fingerprint density at radius 2 is 1.95 bits per heavy atom. The van der Waals surface area contributed by atoms with Gasteiger partial charge in [0.1, 0.15) is 0 Å². The average molecular weight is 262 g/mol. The van der Waals surface area contributed by atoms with Gasteiger partial charge in [0.2, 0.25) is 5.91 Å². The summed E-state index contributed by atoms with van der Waals surface area (Å²) in [6.45, 7) is 1.77. The molecule has 0 bridgehead atoms. The number of amides is 1. The van der Waals surface area contributed by atoms with Crippen LogP contribution in [0.3, 0.4) is 0 Å². The molecule has 1 aliphatic rings. The van der Waals surface area contributed by atoms with Crippen LogP contribution in [-0.4, -0.2) is 23.0 Å². The zero-order chi connectivity index (χ0) is 14.0. The summed E-state index contributed by atoms with van der Waals surface area (Å²) in [6, 6.07) is 6.82. The number of hydrogen-bond donors (Lipinski definition) is 3. The van der Waals surface area contributed by atoms with Gasteiger partial charge in [-0.1, -0.05) is 12.1 Å². The Morgan fingerprint density at radius 1 is 1.37 bits per heavy atom. The molecular formula is C14H18N2O3. The third-order valence-corrected chi connectivity index (χ3v) is 3.39. The standard InChI is InChI=1S/C14H18N2O3/c1-9(15)8-12(17)16-11-4-2-10(3-5-11)14(6-7-14)13(18)19/h2-5,9H,6-8,15H2,1H3,(H,16,17)(H,18,19). The van der Waals surface area contributed by atoms with Crippen LogP contribution in [0.5, 0.6) is 0 Å². The van der Waals surface area contributed by atoms with Gasteiger partial charge >= 0.3 is 5.97 Å². The molecular weight excluding hydrogens is 244 g/mol. The fourth-order valence-electron chi connectivity index (χ4n) is 2.13. The zero-order valence-electron chi connectivity index (χ0n) is 10.8. The highest BCUT2D eigenvalue weighted by molar-refractivity contribution is 5.91. The summed E-state index contributed by atoms with van der Waals surface area (Å²) in [6.07, 6.45) is 1.62. The van der Waals surface area contributed by atoms with E-state index < -0.39 is 11.4 Å². The van der Waals surface area contributed by atoms with Crippen molar-refractivity contribution in [3.63, 3.8) is 0 Å². The predicted molar refractivity (Wildman–Crippen MR) is 71.9 cm³/mol. The van der Waals surface area contributed by atoms with Gasteiger partial charge in [0.25, 0.3) is 0 Å². The number of aliphatic carboxylic acids is 1. The van der Waals surface area contributed by atoms with Crippen molar-refractivity contribution in [2.45, 2.75) is 37.6 Å². The Balaban J connectivity index is 2.03. The Bertz CT molecular complexity index is 490. The monoisotopic (exact) mass is 262 g/mol. The molecule has 102 valence electrons. The maximum atomic E-state index is 11.5. The molecule has 1 unspecified atom stereocenters. The SMILES string of the molecule is CC(N)CC(=O)Nc1ccc(C2(C(=O)O)CC2)cc1. The number of nitrogens with one attached hydrogen (secondary N) is 1. The summed E-state index contributed by atoms with van der Waals surface area (Å²) in [4.78, 5) is 22.7. The fourth-order valence-corrected chi connectivity index (χ4v) is 2.13. The van der Waals surface area contributed by atoms with Gasteiger partial charge in [0, 0.05) is 18.2 Å². The smallest absolute Gasteiger partial charge is 0.314 e. The van der Waals surface area contributed by atoms with Crippen molar-refractivity contribution in [2.24, 2.45) is 5.73 Å². The molecule has 5 heteroatoms. The van der Waals surface area contributed by atoms with Crippen LogP contribution in [0.2, 0.25) is 0 Å². The lowest BCUT2D eigenvalue weighted by Gasteiger charge is -2.12. The van der Waals surface area contributed by atoms with Crippen LogP contribution in [0.15, 0.2) is 24.3 Å². The average Bonchev–Trinajstić information content (AvgIpc) is 3.09. The Morgan fingerprint density at radius 3 is 2.37 bits per heavy atom. The Hall–Kier alpha value is -1.88. The molecule has 5 nitrogen and oxygen atoms in total. The largest absolute Gasteiger partial charge is 0.481 e. The molecule has 0 aliphatic heterocycles. The summed E-state index contributed by atoms with van der Waals surface area (Å²) in [5.74, 6) is -0.914. The molecule has 1 amide bonds. The minimum atomic E-state index is -0.777. The summed E-state index contributed by atoms with van der Waals surface area (Å²) in [5.41, 5.74) is 6.30. The second-order valence-corrected chi connectivity index (χ2v) is 5.19. The highest BCUT2D eigenvalue weighted by atomic mass is 16.4. The van der Waals surface area contributed by atoms with E-state index in [4.69, 9.17) is 5.73 Å². The van der Waals surface area contributed by atoms with E-state index in [1.807, 2.05) is 0 Å². The maximum absolute atomic E-state index is 11.5. The number of carbonyl (C=O) groups is 2. The minimum Gasteiger partial charge on any atom is -0.481 e. The number of hydrogen-bond acceptors (Lipinski definition) is 3. The highest BCUT2D eigenvalue weighted by Crippen LogP contribution is 2.48. The quantitative estimate of drug-likeness (QED) is 0.749. The van der Waals surface area contributed by atoms with Crippen molar-refractivity contribution in [3.8, 4) is 0 Å². The Labute approximate surface area is 111 Å². The molecule has 1 aliphatic carbocycles. The van der Waals surface area contributed by atoms with Crippen molar-refractivity contribution in [1.82, 2.24) is 0 Å². The number of anilines is 1. The van der Waals surface area contributed by atoms with Crippen LogP contribution in [0.1, 0.15) is 31.7 Å². The van der Waals surface area contributed by atoms with E-state index in [0.29, 0.717) is 18.5 Å². The zero-order valence-corrected chi connectivity index (χ0v) is 10.8. The van der Waals surface area contributed by atoms with Gasteiger partial charge in [-0.2, -0.15) is 0 Å². The molecule has 1 aromatic rings. The minimum absolute atomic E-state index is 0.137. The van der Waals surface area contributed by atoms with Crippen LogP contribution < -0.4 is 11.1 Å². The van der Waals surface area contributed by atoms with Gasteiger partial charge in [0.15, 0.2) is 0 Å². The summed E-state index contributed by atoms with van der Waals surface area (Å²) >= 11 is 0. The van der Waals surface area contributed by atoms with Gasteiger partial charge in [-0.15, -0.1) is 0 Å². The number of nitrogens with two attached hydrogens (primary N) is 1. The molecule has 0 spiro atoms. The van der Waals surface area contributed by atoms with Crippen molar-refractivity contribution in [1.29, 1.82) is 0 Å². The van der Waals surface area contributed by atoms with Gasteiger partial charge in [-0.3, -0.25) is 9.59 Å². The maximum Gasteiger partial charge on any atom is 0.314 e. The first kappa shape index (κ1) is 13.5. The molecule has 1 saturated carbocycles. The van der Waals surface area contributed by atoms with Crippen LogP contribution in [0, 0.1) is 0 Å². The van der Waals surface area contributed by atoms with E-state index >= 15 is 0 Å². The fraction of sp³-hybridized carbons (Fsp3) is 0.429. The van der Waals surface area contributed by atoms with E-state index in [1.54, 1.807) is 31.2 Å². The molecule has 2 rings (SSSR count). The molecule has 0 radical (unpaired) electrons. The number of benzene rings is 1. The van der Waals surface area contributed by atoms with Gasteiger partial charge < -0.3 is 16.2 Å². The van der Waals surface area contributed by atoms with E-state index in [-0.39, 0.29) is 18.4 Å². The second kappa shape index (κ2) is 5.01. The molecule has 4 N–H and O–H groups in total. The number of carboxylic acids is 1. The predicted octanol–water partition coefficient (Wildman–Crippen LogP) is 1.48. The first-order valence-electron chi connectivity index (χ1n) is 6.33. The third kappa shape index (κ3) is 2.93. The summed E-state index contributed by atoms with van der Waals surface area (Å²) in [7, 11) is 0. The molecule has 1 atom stereocenters. The van der Waals surface area contributed by atoms with Crippen LogP contribution >= 0.6 is 0 Å². The first-order chi connectivity index (χ1) is 8.94. The van der Waals surface area contributed by atoms with Crippen molar-refractivity contribution in [2.75, 3.05) is 5.32 Å². The first-order valence-corrected chi connectivity index (χ1v) is 6.33. The van der Waals surface area contributed by atoms with Crippen LogP contribution in [-0.2, 0) is 15.0 Å². The molecule has 0 saturated heterocycles. The van der Waals surface area contributed by atoms with E-state index in [0.717, 1.165) is 5.56 Å². The van der Waals surface area contributed by atoms with Gasteiger partial charge in [0.05, 0.1) is 5.41 Å². The van der Waals surface area contributed by atoms with Crippen LogP contribution in [0.25, 0.3) is 0 Å². The van der Waals surface area contributed by atoms with Crippen molar-refractivity contribution < 1.29 is 14.7 Å². The number of rotatable bonds is 5. The topological polar surface area (TPSA) is 92.4 Å². The molecule has 1 fully saturated rings. The molecule has 1 aromatic carbocycles. The Kier molecular flexibility index (Phi) is 3.57. The number of carbonyl (C=O) groups excluding carboxylic acids is 1.